The Morgan fingerprint density at radius 1 is 1.05 bits per heavy atom. The van der Waals surface area contributed by atoms with Crippen LogP contribution in [0.4, 0.5) is 13.2 Å². The van der Waals surface area contributed by atoms with Gasteiger partial charge in [0, 0.05) is 49.9 Å². The molecule has 0 saturated heterocycles. The molecule has 0 aromatic rings. The van der Waals surface area contributed by atoms with Gasteiger partial charge in [-0.1, -0.05) is 20.8 Å². The third-order valence-corrected chi connectivity index (χ3v) is 12.2. The van der Waals surface area contributed by atoms with E-state index in [1.807, 2.05) is 13.8 Å². The lowest BCUT2D eigenvalue weighted by atomic mass is 9.44. The molecular weight excluding hydrogens is 579 g/mol. The van der Waals surface area contributed by atoms with Crippen LogP contribution in [-0.4, -0.2) is 49.8 Å². The number of Topliss-reactive ketones (excluding diaryl/α,β-unsaturated/α-hetero) is 3. The number of ketones is 3. The molecule has 236 valence electrons. The number of carbonyl (C=O) groups excluding carboxylic acids is 5. The first-order valence-electron chi connectivity index (χ1n) is 14.8. The Morgan fingerprint density at radius 3 is 2.40 bits per heavy atom. The van der Waals surface area contributed by atoms with E-state index in [0.29, 0.717) is 32.1 Å². The monoisotopic (exact) mass is 619 g/mol. The number of sulfonamides is 1. The molecule has 1 N–H and O–H groups in total. The summed E-state index contributed by atoms with van der Waals surface area (Å²) in [5.74, 6) is -1.65. The second-order valence-electron chi connectivity index (χ2n) is 13.3. The van der Waals surface area contributed by atoms with Crippen molar-refractivity contribution in [3.63, 3.8) is 0 Å². The van der Waals surface area contributed by atoms with E-state index in [1.165, 1.54) is 0 Å². The number of fused-ring (bicyclic) bond motifs is 5. The quantitative estimate of drug-likeness (QED) is 0.298. The molecule has 0 aromatic heterocycles. The molecule has 4 saturated carbocycles. The topological polar surface area (TPSA) is 141 Å². The van der Waals surface area contributed by atoms with Crippen LogP contribution in [0.15, 0.2) is 0 Å². The molecule has 0 spiro atoms. The summed E-state index contributed by atoms with van der Waals surface area (Å²) in [4.78, 5) is 63.3. The number of rotatable bonds is 9. The van der Waals surface area contributed by atoms with Crippen LogP contribution in [0.3, 0.4) is 0 Å². The Bertz CT molecular complexity index is 1250. The fraction of sp³-hybridized carbons (Fsp3) is 0.828. The van der Waals surface area contributed by atoms with Crippen LogP contribution in [0.5, 0.6) is 0 Å². The summed E-state index contributed by atoms with van der Waals surface area (Å²) in [6.07, 6.45) is 3.68. The summed E-state index contributed by atoms with van der Waals surface area (Å²) >= 11 is 0. The summed E-state index contributed by atoms with van der Waals surface area (Å²) in [6.45, 7) is 5.88. The number of esters is 1. The number of nitrogens with one attached hydrogen (secondary N) is 1. The molecule has 0 aliphatic heterocycles. The summed E-state index contributed by atoms with van der Waals surface area (Å²) < 4.78 is 65.0. The van der Waals surface area contributed by atoms with Gasteiger partial charge in [0.05, 0.1) is 6.61 Å². The zero-order valence-electron chi connectivity index (χ0n) is 24.3. The molecule has 4 rings (SSSR count). The van der Waals surface area contributed by atoms with Crippen LogP contribution in [0, 0.1) is 46.3 Å². The van der Waals surface area contributed by atoms with Crippen molar-refractivity contribution in [1.29, 1.82) is 0 Å². The highest BCUT2D eigenvalue weighted by Gasteiger charge is 2.66. The van der Waals surface area contributed by atoms with Gasteiger partial charge >= 0.3 is 21.5 Å². The van der Waals surface area contributed by atoms with Crippen molar-refractivity contribution in [1.82, 2.24) is 4.72 Å². The van der Waals surface area contributed by atoms with Crippen LogP contribution in [0.25, 0.3) is 0 Å². The molecule has 0 radical (unpaired) electrons. The number of halogens is 3. The first-order valence-corrected chi connectivity index (χ1v) is 16.3. The fourth-order valence-electron chi connectivity index (χ4n) is 8.69. The lowest BCUT2D eigenvalue weighted by molar-refractivity contribution is -0.166. The number of amides is 1. The minimum atomic E-state index is -5.78. The van der Waals surface area contributed by atoms with Crippen molar-refractivity contribution in [2.24, 2.45) is 46.3 Å². The summed E-state index contributed by atoms with van der Waals surface area (Å²) in [5, 5.41) is 0. The average molecular weight is 620 g/mol. The van der Waals surface area contributed by atoms with E-state index in [2.05, 4.69) is 6.92 Å². The van der Waals surface area contributed by atoms with Crippen molar-refractivity contribution in [2.75, 3.05) is 6.61 Å². The Labute approximate surface area is 244 Å². The SMILES string of the molecule is C[C@H](CCC(=O)OCCCC(=O)NS(=O)(=O)C(F)(F)F)[C@H]1CC[C@H]2[C@@H]3C(=O)C[C@@H]4CC(=O)CC[C@]4(C)[C@H]3CC(=O)[C@]12C. The highest BCUT2D eigenvalue weighted by molar-refractivity contribution is 7.90. The van der Waals surface area contributed by atoms with Gasteiger partial charge in [-0.2, -0.15) is 21.6 Å². The Balaban J connectivity index is 1.29. The summed E-state index contributed by atoms with van der Waals surface area (Å²) in [6, 6.07) is 0. The lowest BCUT2D eigenvalue weighted by Crippen LogP contribution is -2.60. The van der Waals surface area contributed by atoms with Gasteiger partial charge in [0.2, 0.25) is 5.91 Å². The normalized spacial score (nSPS) is 35.6. The van der Waals surface area contributed by atoms with Crippen LogP contribution in [-0.2, 0) is 38.7 Å². The van der Waals surface area contributed by atoms with Gasteiger partial charge < -0.3 is 4.74 Å². The number of ether oxygens (including phenoxy) is 1. The highest BCUT2D eigenvalue weighted by Crippen LogP contribution is 2.66. The summed E-state index contributed by atoms with van der Waals surface area (Å²) in [5.41, 5.74) is -6.46. The largest absolute Gasteiger partial charge is 0.516 e. The predicted octanol–water partition coefficient (Wildman–Crippen LogP) is 4.28. The molecule has 4 aliphatic carbocycles. The maximum Gasteiger partial charge on any atom is 0.516 e. The maximum absolute atomic E-state index is 13.9. The van der Waals surface area contributed by atoms with E-state index in [4.69, 9.17) is 4.74 Å². The molecule has 0 unspecified atom stereocenters. The van der Waals surface area contributed by atoms with E-state index < -0.39 is 39.2 Å². The van der Waals surface area contributed by atoms with E-state index >= 15 is 0 Å². The molecule has 0 bridgehead atoms. The van der Waals surface area contributed by atoms with Gasteiger partial charge in [0.15, 0.2) is 0 Å². The molecule has 1 amide bonds. The minimum Gasteiger partial charge on any atom is -0.466 e. The molecule has 9 nitrogen and oxygen atoms in total. The third-order valence-electron chi connectivity index (χ3n) is 11.1. The predicted molar refractivity (Wildman–Crippen MR) is 143 cm³/mol. The molecule has 8 atom stereocenters. The van der Waals surface area contributed by atoms with Gasteiger partial charge in [-0.05, 0) is 67.1 Å². The van der Waals surface area contributed by atoms with Gasteiger partial charge in [-0.15, -0.1) is 0 Å². The molecule has 4 aliphatic rings. The zero-order chi connectivity index (χ0) is 31.3. The van der Waals surface area contributed by atoms with Crippen LogP contribution in [0.2, 0.25) is 0 Å². The zero-order valence-corrected chi connectivity index (χ0v) is 25.1. The maximum atomic E-state index is 13.9. The molecule has 4 fully saturated rings. The third kappa shape index (κ3) is 5.91. The first-order chi connectivity index (χ1) is 19.4. The fourth-order valence-corrected chi connectivity index (χ4v) is 9.20. The molecule has 13 heteroatoms. The summed E-state index contributed by atoms with van der Waals surface area (Å²) in [7, 11) is -5.78. The van der Waals surface area contributed by atoms with Crippen molar-refractivity contribution in [3.05, 3.63) is 0 Å². The van der Waals surface area contributed by atoms with E-state index in [1.54, 1.807) is 0 Å². The molecular formula is C29H40F3NO8S. The van der Waals surface area contributed by atoms with Crippen LogP contribution in [0.1, 0.15) is 91.4 Å². The van der Waals surface area contributed by atoms with Gasteiger partial charge in [-0.25, -0.2) is 4.72 Å². The van der Waals surface area contributed by atoms with E-state index in [9.17, 15) is 45.6 Å². The van der Waals surface area contributed by atoms with Crippen molar-refractivity contribution in [2.45, 2.75) is 96.9 Å². The second-order valence-corrected chi connectivity index (χ2v) is 14.9. The Morgan fingerprint density at radius 2 is 1.74 bits per heavy atom. The molecule has 42 heavy (non-hydrogen) atoms. The molecule has 0 aromatic carbocycles. The lowest BCUT2D eigenvalue weighted by Gasteiger charge is -2.58. The number of alkyl halides is 3. The number of hydrogen-bond acceptors (Lipinski definition) is 8. The minimum absolute atomic E-state index is 0.00529. The van der Waals surface area contributed by atoms with Crippen LogP contribution >= 0.6 is 0 Å². The van der Waals surface area contributed by atoms with Crippen molar-refractivity contribution in [3.8, 4) is 0 Å². The van der Waals surface area contributed by atoms with Gasteiger partial charge in [0.25, 0.3) is 0 Å². The van der Waals surface area contributed by atoms with E-state index in [0.717, 1.165) is 24.0 Å². The van der Waals surface area contributed by atoms with E-state index in [-0.39, 0.29) is 77.7 Å². The van der Waals surface area contributed by atoms with Gasteiger partial charge in [0.1, 0.15) is 17.3 Å². The van der Waals surface area contributed by atoms with Gasteiger partial charge in [-0.3, -0.25) is 24.0 Å². The highest BCUT2D eigenvalue weighted by atomic mass is 32.2. The number of carbonyl (C=O) groups is 5. The smallest absolute Gasteiger partial charge is 0.466 e. The van der Waals surface area contributed by atoms with Crippen molar-refractivity contribution < 1.29 is 50.3 Å². The average Bonchev–Trinajstić information content (AvgIpc) is 3.24. The number of hydrogen-bond donors (Lipinski definition) is 1. The second kappa shape index (κ2) is 11.6. The first kappa shape index (κ1) is 32.6. The Kier molecular flexibility index (Phi) is 9.04. The van der Waals surface area contributed by atoms with Crippen LogP contribution < -0.4 is 4.72 Å². The Hall–Kier alpha value is -2.31. The van der Waals surface area contributed by atoms with Crippen molar-refractivity contribution >= 4 is 39.2 Å². The molecule has 0 heterocycles. The standard InChI is InChI=1S/C29H40F3NO8S/c1-16(6-9-25(38)41-12-4-5-24(37)33-42(39,40)29(30,31)32)19-7-8-20-26-21(15-23(36)28(19,20)3)27(2)11-10-18(34)13-17(27)14-22(26)35/h16-17,19-21,26H,4-15H2,1-3H3,(H,33,37)/t16-,17+,19-,20+,21+,26+,27+,28-/m1/s1.